The van der Waals surface area contributed by atoms with Crippen LogP contribution in [0.3, 0.4) is 0 Å². The first kappa shape index (κ1) is 23.8. The average molecular weight is 471 g/mol. The molecule has 0 atom stereocenters. The number of hydrogen-bond donors (Lipinski definition) is 3. The summed E-state index contributed by atoms with van der Waals surface area (Å²) in [5.41, 5.74) is 6.41. The fourth-order valence-electron chi connectivity index (χ4n) is 4.18. The molecule has 2 amide bonds. The molecule has 0 spiro atoms. The number of carboxylic acid groups (broad SMARTS) is 1. The number of benzene rings is 3. The number of fused-ring (bicyclic) bond motifs is 3. The summed E-state index contributed by atoms with van der Waals surface area (Å²) in [7, 11) is 0. The number of ether oxygens (including phenoxy) is 1. The summed E-state index contributed by atoms with van der Waals surface area (Å²) in [5, 5.41) is 14.3. The molecule has 0 fully saturated rings. The summed E-state index contributed by atoms with van der Waals surface area (Å²) >= 11 is 0. The topological polar surface area (TPSA) is 105 Å². The van der Waals surface area contributed by atoms with Gasteiger partial charge in [0.15, 0.2) is 0 Å². The van der Waals surface area contributed by atoms with E-state index < -0.39 is 12.1 Å². The van der Waals surface area contributed by atoms with E-state index in [1.807, 2.05) is 24.3 Å². The minimum Gasteiger partial charge on any atom is -0.478 e. The standard InChI is InChI=1S/C28H26N2O5/c1-17(27(32)33)13-14-29-26(31)19-11-12-25(18(2)15-19)30-28(34)35-16-24-22-9-5-3-7-20(22)21-8-4-6-10-23(21)24/h3-13,15,24H,14,16H2,1-2H3,(H,29,31)(H,30,34)(H,32,33)/b17-13+. The molecule has 0 radical (unpaired) electrons. The third-order valence-electron chi connectivity index (χ3n) is 6.08. The van der Waals surface area contributed by atoms with Gasteiger partial charge in [-0.15, -0.1) is 0 Å². The first-order chi connectivity index (χ1) is 16.8. The Labute approximate surface area is 203 Å². The average Bonchev–Trinajstić information content (AvgIpc) is 3.17. The Balaban J connectivity index is 1.36. The molecular formula is C28H26N2O5. The maximum absolute atomic E-state index is 12.6. The molecule has 178 valence electrons. The van der Waals surface area contributed by atoms with Gasteiger partial charge in [-0.25, -0.2) is 9.59 Å². The van der Waals surface area contributed by atoms with Crippen molar-refractivity contribution in [2.75, 3.05) is 18.5 Å². The first-order valence-corrected chi connectivity index (χ1v) is 11.3. The molecule has 4 rings (SSSR count). The van der Waals surface area contributed by atoms with Crippen LogP contribution in [-0.2, 0) is 9.53 Å². The van der Waals surface area contributed by atoms with Crippen LogP contribution in [0.25, 0.3) is 11.1 Å². The van der Waals surface area contributed by atoms with Crippen molar-refractivity contribution < 1.29 is 24.2 Å². The highest BCUT2D eigenvalue weighted by atomic mass is 16.5. The Bertz CT molecular complexity index is 1280. The van der Waals surface area contributed by atoms with Crippen LogP contribution in [0.15, 0.2) is 78.4 Å². The molecule has 0 saturated carbocycles. The summed E-state index contributed by atoms with van der Waals surface area (Å²) < 4.78 is 5.59. The van der Waals surface area contributed by atoms with Gasteiger partial charge in [-0.2, -0.15) is 0 Å². The number of anilines is 1. The molecule has 3 aromatic carbocycles. The van der Waals surface area contributed by atoms with Crippen LogP contribution in [0, 0.1) is 6.92 Å². The van der Waals surface area contributed by atoms with Crippen molar-refractivity contribution in [3.8, 4) is 11.1 Å². The molecule has 35 heavy (non-hydrogen) atoms. The predicted octanol–water partition coefficient (Wildman–Crippen LogP) is 5.12. The highest BCUT2D eigenvalue weighted by Crippen LogP contribution is 2.44. The first-order valence-electron chi connectivity index (χ1n) is 11.3. The molecule has 0 bridgehead atoms. The molecule has 0 aromatic heterocycles. The molecule has 0 aliphatic heterocycles. The Hall–Kier alpha value is -4.39. The Kier molecular flexibility index (Phi) is 6.96. The van der Waals surface area contributed by atoms with E-state index in [-0.39, 0.29) is 30.5 Å². The van der Waals surface area contributed by atoms with Crippen molar-refractivity contribution in [2.45, 2.75) is 19.8 Å². The number of carboxylic acids is 1. The van der Waals surface area contributed by atoms with E-state index >= 15 is 0 Å². The van der Waals surface area contributed by atoms with Gasteiger partial charge in [-0.1, -0.05) is 54.6 Å². The SMILES string of the molecule is C/C(=C\CNC(=O)c1ccc(NC(=O)OCC2c3ccccc3-c3ccccc32)c(C)c1)C(=O)O. The monoisotopic (exact) mass is 470 g/mol. The van der Waals surface area contributed by atoms with E-state index in [4.69, 9.17) is 9.84 Å². The lowest BCUT2D eigenvalue weighted by Crippen LogP contribution is -2.24. The van der Waals surface area contributed by atoms with Gasteiger partial charge in [-0.3, -0.25) is 10.1 Å². The number of hydrogen-bond acceptors (Lipinski definition) is 4. The van der Waals surface area contributed by atoms with Crippen molar-refractivity contribution in [1.29, 1.82) is 0 Å². The van der Waals surface area contributed by atoms with Gasteiger partial charge >= 0.3 is 12.1 Å². The molecule has 1 aliphatic carbocycles. The van der Waals surface area contributed by atoms with E-state index in [1.54, 1.807) is 25.1 Å². The minimum absolute atomic E-state index is 0.0286. The quantitative estimate of drug-likeness (QED) is 0.416. The van der Waals surface area contributed by atoms with Crippen LogP contribution >= 0.6 is 0 Å². The molecule has 7 heteroatoms. The summed E-state index contributed by atoms with van der Waals surface area (Å²) in [4.78, 5) is 35.7. The zero-order chi connectivity index (χ0) is 24.9. The number of rotatable bonds is 7. The summed E-state index contributed by atoms with van der Waals surface area (Å²) in [6.07, 6.45) is 0.863. The molecule has 3 N–H and O–H groups in total. The zero-order valence-electron chi connectivity index (χ0n) is 19.5. The normalized spacial score (nSPS) is 12.5. The predicted molar refractivity (Wildman–Crippen MR) is 134 cm³/mol. The third-order valence-corrected chi connectivity index (χ3v) is 6.08. The summed E-state index contributed by atoms with van der Waals surface area (Å²) in [6, 6.07) is 21.2. The van der Waals surface area contributed by atoms with Crippen molar-refractivity contribution in [2.24, 2.45) is 0 Å². The molecule has 0 unspecified atom stereocenters. The number of nitrogens with one attached hydrogen (secondary N) is 2. The number of aliphatic carboxylic acids is 1. The fourth-order valence-corrected chi connectivity index (χ4v) is 4.18. The van der Waals surface area contributed by atoms with E-state index in [1.165, 1.54) is 13.0 Å². The van der Waals surface area contributed by atoms with E-state index in [2.05, 4.69) is 34.9 Å². The molecular weight excluding hydrogens is 444 g/mol. The van der Waals surface area contributed by atoms with Crippen LogP contribution < -0.4 is 10.6 Å². The summed E-state index contributed by atoms with van der Waals surface area (Å²) in [6.45, 7) is 3.56. The zero-order valence-corrected chi connectivity index (χ0v) is 19.5. The van der Waals surface area contributed by atoms with Crippen molar-refractivity contribution in [1.82, 2.24) is 5.32 Å². The highest BCUT2D eigenvalue weighted by Gasteiger charge is 2.29. The van der Waals surface area contributed by atoms with Crippen LogP contribution in [0.5, 0.6) is 0 Å². The lowest BCUT2D eigenvalue weighted by atomic mass is 9.98. The van der Waals surface area contributed by atoms with Gasteiger partial charge in [0.1, 0.15) is 6.61 Å². The molecule has 3 aromatic rings. The molecule has 7 nitrogen and oxygen atoms in total. The van der Waals surface area contributed by atoms with Gasteiger partial charge in [0.2, 0.25) is 0 Å². The lowest BCUT2D eigenvalue weighted by molar-refractivity contribution is -0.132. The van der Waals surface area contributed by atoms with Crippen molar-refractivity contribution >= 4 is 23.7 Å². The summed E-state index contributed by atoms with van der Waals surface area (Å²) in [5.74, 6) is -1.40. The Morgan fingerprint density at radius 2 is 1.60 bits per heavy atom. The van der Waals surface area contributed by atoms with Crippen LogP contribution in [0.2, 0.25) is 0 Å². The fraction of sp³-hybridized carbons (Fsp3) is 0.179. The van der Waals surface area contributed by atoms with E-state index in [0.29, 0.717) is 16.8 Å². The lowest BCUT2D eigenvalue weighted by Gasteiger charge is -2.15. The number of aryl methyl sites for hydroxylation is 1. The Morgan fingerprint density at radius 3 is 2.20 bits per heavy atom. The second kappa shape index (κ2) is 10.3. The largest absolute Gasteiger partial charge is 0.478 e. The minimum atomic E-state index is -1.03. The van der Waals surface area contributed by atoms with Crippen LogP contribution in [0.1, 0.15) is 39.9 Å². The number of carbonyl (C=O) groups excluding carboxylic acids is 2. The molecule has 0 heterocycles. The van der Waals surface area contributed by atoms with Gasteiger partial charge in [0.05, 0.1) is 0 Å². The van der Waals surface area contributed by atoms with E-state index in [0.717, 1.165) is 22.3 Å². The number of amides is 2. The van der Waals surface area contributed by atoms with Crippen molar-refractivity contribution in [3.05, 3.63) is 101 Å². The Morgan fingerprint density at radius 1 is 0.971 bits per heavy atom. The van der Waals surface area contributed by atoms with Crippen LogP contribution in [-0.4, -0.2) is 36.2 Å². The van der Waals surface area contributed by atoms with Crippen molar-refractivity contribution in [3.63, 3.8) is 0 Å². The third kappa shape index (κ3) is 5.24. The van der Waals surface area contributed by atoms with Gasteiger partial charge in [-0.05, 0) is 59.9 Å². The molecule has 1 aliphatic rings. The molecule has 0 saturated heterocycles. The maximum Gasteiger partial charge on any atom is 0.411 e. The smallest absolute Gasteiger partial charge is 0.411 e. The van der Waals surface area contributed by atoms with Gasteiger partial charge in [0.25, 0.3) is 5.91 Å². The van der Waals surface area contributed by atoms with Crippen LogP contribution in [0.4, 0.5) is 10.5 Å². The second-order valence-electron chi connectivity index (χ2n) is 8.38. The number of carbonyl (C=O) groups is 3. The van der Waals surface area contributed by atoms with E-state index in [9.17, 15) is 14.4 Å². The second-order valence-corrected chi connectivity index (χ2v) is 8.38. The highest BCUT2D eigenvalue weighted by molar-refractivity contribution is 5.96. The van der Waals surface area contributed by atoms with Gasteiger partial charge < -0.3 is 15.2 Å². The van der Waals surface area contributed by atoms with Gasteiger partial charge in [0, 0.05) is 29.3 Å². The maximum atomic E-state index is 12.6.